The van der Waals surface area contributed by atoms with E-state index in [-0.39, 0.29) is 0 Å². The lowest BCUT2D eigenvalue weighted by molar-refractivity contribution is -0.117. The van der Waals surface area contributed by atoms with Gasteiger partial charge in [0.2, 0.25) is 0 Å². The van der Waals surface area contributed by atoms with Gasteiger partial charge in [-0.25, -0.2) is 0 Å². The van der Waals surface area contributed by atoms with Crippen LogP contribution in [0.5, 0.6) is 0 Å². The van der Waals surface area contributed by atoms with Gasteiger partial charge in [0.05, 0.1) is 11.8 Å². The molecule has 6 heteroatoms. The summed E-state index contributed by atoms with van der Waals surface area (Å²) in [7, 11) is 0. The lowest BCUT2D eigenvalue weighted by Gasteiger charge is -2.03. The van der Waals surface area contributed by atoms with E-state index < -0.39 is 11.8 Å². The summed E-state index contributed by atoms with van der Waals surface area (Å²) in [5, 5.41) is 3.83. The summed E-state index contributed by atoms with van der Waals surface area (Å²) in [5.74, 6) is -0.315. The largest absolute Gasteiger partial charge is 0.469 e. The SMILES string of the molecule is Cc1occc1C(=O)NNC(=O)C=Cc1ccsc1. The number of carbonyl (C=O) groups excluding carboxylic acids is 2. The first-order chi connectivity index (χ1) is 9.16. The maximum atomic E-state index is 11.7. The van der Waals surface area contributed by atoms with Crippen molar-refractivity contribution >= 4 is 29.2 Å². The molecule has 2 N–H and O–H groups in total. The Kier molecular flexibility index (Phi) is 4.15. The third-order valence-electron chi connectivity index (χ3n) is 2.37. The van der Waals surface area contributed by atoms with Gasteiger partial charge in [-0.3, -0.25) is 20.4 Å². The van der Waals surface area contributed by atoms with Crippen molar-refractivity contribution in [3.8, 4) is 0 Å². The van der Waals surface area contributed by atoms with Crippen molar-refractivity contribution in [2.45, 2.75) is 6.92 Å². The van der Waals surface area contributed by atoms with Crippen LogP contribution >= 0.6 is 11.3 Å². The first kappa shape index (κ1) is 13.1. The standard InChI is InChI=1S/C13H12N2O3S/c1-9-11(4-6-18-9)13(17)15-14-12(16)3-2-10-5-7-19-8-10/h2-8H,1H3,(H,14,16)(H,15,17). The van der Waals surface area contributed by atoms with Crippen LogP contribution in [-0.4, -0.2) is 11.8 Å². The van der Waals surface area contributed by atoms with E-state index in [1.165, 1.54) is 18.4 Å². The molecule has 2 heterocycles. The molecule has 2 rings (SSSR count). The summed E-state index contributed by atoms with van der Waals surface area (Å²) < 4.78 is 5.00. The molecule has 2 amide bonds. The number of thiophene rings is 1. The van der Waals surface area contributed by atoms with Crippen LogP contribution in [0.1, 0.15) is 21.7 Å². The van der Waals surface area contributed by atoms with Gasteiger partial charge >= 0.3 is 0 Å². The van der Waals surface area contributed by atoms with E-state index in [1.54, 1.807) is 24.3 Å². The highest BCUT2D eigenvalue weighted by atomic mass is 32.1. The molecule has 19 heavy (non-hydrogen) atoms. The lowest BCUT2D eigenvalue weighted by atomic mass is 10.2. The average Bonchev–Trinajstić information content (AvgIpc) is 3.04. The number of furan rings is 1. The zero-order valence-electron chi connectivity index (χ0n) is 10.2. The Morgan fingerprint density at radius 3 is 2.79 bits per heavy atom. The Hall–Kier alpha value is -2.34. The molecular weight excluding hydrogens is 264 g/mol. The Morgan fingerprint density at radius 2 is 2.16 bits per heavy atom. The predicted octanol–water partition coefficient (Wildman–Crippen LogP) is 2.12. The highest BCUT2D eigenvalue weighted by Gasteiger charge is 2.11. The molecule has 5 nitrogen and oxygen atoms in total. The van der Waals surface area contributed by atoms with Gasteiger partial charge in [0.25, 0.3) is 11.8 Å². The normalized spacial score (nSPS) is 10.6. The van der Waals surface area contributed by atoms with Crippen LogP contribution in [0.4, 0.5) is 0 Å². The fraction of sp³-hybridized carbons (Fsp3) is 0.0769. The van der Waals surface area contributed by atoms with Gasteiger partial charge < -0.3 is 4.42 Å². The number of hydrazine groups is 1. The zero-order valence-corrected chi connectivity index (χ0v) is 11.0. The first-order valence-corrected chi connectivity index (χ1v) is 6.46. The Morgan fingerprint density at radius 1 is 1.32 bits per heavy atom. The van der Waals surface area contributed by atoms with Crippen molar-refractivity contribution in [1.29, 1.82) is 0 Å². The van der Waals surface area contributed by atoms with Gasteiger partial charge in [0.15, 0.2) is 0 Å². The zero-order chi connectivity index (χ0) is 13.7. The summed E-state index contributed by atoms with van der Waals surface area (Å²) in [6.45, 7) is 1.67. The number of carbonyl (C=O) groups is 2. The van der Waals surface area contributed by atoms with E-state index in [1.807, 2.05) is 16.8 Å². The summed E-state index contributed by atoms with van der Waals surface area (Å²) in [5.41, 5.74) is 5.94. The lowest BCUT2D eigenvalue weighted by Crippen LogP contribution is -2.40. The van der Waals surface area contributed by atoms with Crippen LogP contribution in [0, 0.1) is 6.92 Å². The van der Waals surface area contributed by atoms with Gasteiger partial charge in [-0.15, -0.1) is 0 Å². The van der Waals surface area contributed by atoms with Crippen LogP contribution in [0.3, 0.4) is 0 Å². The molecule has 0 aliphatic rings. The maximum absolute atomic E-state index is 11.7. The Balaban J connectivity index is 1.84. The minimum absolute atomic E-state index is 0.391. The van der Waals surface area contributed by atoms with Gasteiger partial charge in [-0.2, -0.15) is 11.3 Å². The minimum Gasteiger partial charge on any atom is -0.469 e. The molecule has 0 aromatic carbocycles. The molecule has 0 spiro atoms. The second-order valence-electron chi connectivity index (χ2n) is 3.72. The van der Waals surface area contributed by atoms with E-state index in [9.17, 15) is 9.59 Å². The molecule has 0 bridgehead atoms. The van der Waals surface area contributed by atoms with E-state index in [0.717, 1.165) is 5.56 Å². The van der Waals surface area contributed by atoms with Gasteiger partial charge in [0.1, 0.15) is 5.76 Å². The van der Waals surface area contributed by atoms with Crippen molar-refractivity contribution in [1.82, 2.24) is 10.9 Å². The third kappa shape index (κ3) is 3.56. The van der Waals surface area contributed by atoms with E-state index >= 15 is 0 Å². The molecule has 0 atom stereocenters. The van der Waals surface area contributed by atoms with Gasteiger partial charge in [-0.1, -0.05) is 0 Å². The van der Waals surface area contributed by atoms with Crippen molar-refractivity contribution < 1.29 is 14.0 Å². The van der Waals surface area contributed by atoms with Crippen LogP contribution in [0.15, 0.2) is 39.6 Å². The first-order valence-electron chi connectivity index (χ1n) is 5.51. The second kappa shape index (κ2) is 6.01. The molecule has 0 unspecified atom stereocenters. The molecule has 0 aliphatic carbocycles. The highest BCUT2D eigenvalue weighted by molar-refractivity contribution is 7.08. The monoisotopic (exact) mass is 276 g/mol. The number of hydrogen-bond acceptors (Lipinski definition) is 4. The number of amides is 2. The number of rotatable bonds is 3. The Labute approximate surface area is 113 Å². The quantitative estimate of drug-likeness (QED) is 0.666. The molecular formula is C13H12N2O3S. The summed E-state index contributed by atoms with van der Waals surface area (Å²) in [6.07, 6.45) is 4.44. The van der Waals surface area contributed by atoms with Crippen molar-refractivity contribution in [2.24, 2.45) is 0 Å². The summed E-state index contributed by atoms with van der Waals surface area (Å²) >= 11 is 1.55. The fourth-order valence-electron chi connectivity index (χ4n) is 1.39. The molecule has 0 saturated carbocycles. The van der Waals surface area contributed by atoms with E-state index in [0.29, 0.717) is 11.3 Å². The number of hydrogen-bond donors (Lipinski definition) is 2. The molecule has 0 radical (unpaired) electrons. The molecule has 98 valence electrons. The van der Waals surface area contributed by atoms with Crippen molar-refractivity contribution in [2.75, 3.05) is 0 Å². The smallest absolute Gasteiger partial charge is 0.273 e. The van der Waals surface area contributed by atoms with E-state index in [4.69, 9.17) is 4.42 Å². The molecule has 0 fully saturated rings. The topological polar surface area (TPSA) is 71.3 Å². The molecule has 0 saturated heterocycles. The van der Waals surface area contributed by atoms with Gasteiger partial charge in [-0.05, 0) is 41.5 Å². The molecule has 2 aromatic rings. The maximum Gasteiger partial charge on any atom is 0.273 e. The van der Waals surface area contributed by atoms with Crippen LogP contribution in [0.2, 0.25) is 0 Å². The second-order valence-corrected chi connectivity index (χ2v) is 4.50. The molecule has 0 aliphatic heterocycles. The van der Waals surface area contributed by atoms with Crippen LogP contribution in [-0.2, 0) is 4.79 Å². The van der Waals surface area contributed by atoms with Gasteiger partial charge in [0, 0.05) is 6.08 Å². The van der Waals surface area contributed by atoms with E-state index in [2.05, 4.69) is 10.9 Å². The minimum atomic E-state index is -0.413. The van der Waals surface area contributed by atoms with Crippen molar-refractivity contribution in [3.05, 3.63) is 52.1 Å². The average molecular weight is 276 g/mol. The highest BCUT2D eigenvalue weighted by Crippen LogP contribution is 2.08. The predicted molar refractivity (Wildman–Crippen MR) is 72.4 cm³/mol. The number of nitrogens with one attached hydrogen (secondary N) is 2. The summed E-state index contributed by atoms with van der Waals surface area (Å²) in [4.78, 5) is 23.1. The van der Waals surface area contributed by atoms with Crippen LogP contribution in [0.25, 0.3) is 6.08 Å². The molecule has 2 aromatic heterocycles. The van der Waals surface area contributed by atoms with Crippen molar-refractivity contribution in [3.63, 3.8) is 0 Å². The Bertz CT molecular complexity index is 599. The fourth-order valence-corrected chi connectivity index (χ4v) is 2.02. The van der Waals surface area contributed by atoms with Crippen LogP contribution < -0.4 is 10.9 Å². The third-order valence-corrected chi connectivity index (χ3v) is 3.07. The number of aryl methyl sites for hydroxylation is 1. The summed E-state index contributed by atoms with van der Waals surface area (Å²) in [6, 6.07) is 3.43.